The predicted molar refractivity (Wildman–Crippen MR) is 65.0 cm³/mol. The zero-order chi connectivity index (χ0) is 12.3. The van der Waals surface area contributed by atoms with Crippen molar-refractivity contribution in [3.05, 3.63) is 54.1 Å². The van der Waals surface area contributed by atoms with Crippen LogP contribution in [0.1, 0.15) is 11.1 Å². The Kier molecular flexibility index (Phi) is 3.05. The first-order valence-electron chi connectivity index (χ1n) is 5.17. The van der Waals surface area contributed by atoms with Gasteiger partial charge in [0.1, 0.15) is 0 Å². The smallest absolute Gasteiger partial charge is 0.328 e. The summed E-state index contributed by atoms with van der Waals surface area (Å²) in [6.07, 6.45) is 7.98. The molecule has 86 valence electrons. The number of hydrogen-bond donors (Lipinski definition) is 1. The quantitative estimate of drug-likeness (QED) is 0.820. The molecule has 17 heavy (non-hydrogen) atoms. The fraction of sp³-hybridized carbons (Fsp3) is 0.0769. The third kappa shape index (κ3) is 2.60. The van der Waals surface area contributed by atoms with Crippen LogP contribution in [-0.2, 0) is 4.79 Å². The largest absolute Gasteiger partial charge is 0.478 e. The maximum Gasteiger partial charge on any atom is 0.328 e. The van der Waals surface area contributed by atoms with Crippen molar-refractivity contribution >= 4 is 12.0 Å². The van der Waals surface area contributed by atoms with Gasteiger partial charge in [-0.1, -0.05) is 12.1 Å². The number of aliphatic carboxylic acids is 1. The molecule has 0 aliphatic rings. The first-order valence-corrected chi connectivity index (χ1v) is 5.17. The molecule has 1 heterocycles. The molecule has 0 unspecified atom stereocenters. The SMILES string of the molecule is Cc1ccc(/C=C/C(=O)O)cc1-n1ccnc1. The lowest BCUT2D eigenvalue weighted by atomic mass is 10.1. The minimum Gasteiger partial charge on any atom is -0.478 e. The Morgan fingerprint density at radius 2 is 2.29 bits per heavy atom. The lowest BCUT2D eigenvalue weighted by Crippen LogP contribution is -1.94. The minimum atomic E-state index is -0.949. The molecule has 4 nitrogen and oxygen atoms in total. The summed E-state index contributed by atoms with van der Waals surface area (Å²) in [6.45, 7) is 2.00. The van der Waals surface area contributed by atoms with Crippen LogP contribution >= 0.6 is 0 Å². The summed E-state index contributed by atoms with van der Waals surface area (Å²) in [5, 5.41) is 8.58. The summed E-state index contributed by atoms with van der Waals surface area (Å²) in [5.74, 6) is -0.949. The van der Waals surface area contributed by atoms with E-state index in [1.54, 1.807) is 18.6 Å². The van der Waals surface area contributed by atoms with Crippen molar-refractivity contribution < 1.29 is 9.90 Å². The molecule has 2 rings (SSSR count). The van der Waals surface area contributed by atoms with Gasteiger partial charge in [-0.3, -0.25) is 0 Å². The molecule has 0 amide bonds. The number of imidazole rings is 1. The highest BCUT2D eigenvalue weighted by molar-refractivity contribution is 5.85. The number of aromatic nitrogens is 2. The molecule has 0 radical (unpaired) electrons. The number of aryl methyl sites for hydroxylation is 1. The van der Waals surface area contributed by atoms with Crippen molar-refractivity contribution in [2.24, 2.45) is 0 Å². The van der Waals surface area contributed by atoms with Crippen LogP contribution in [0.15, 0.2) is 43.0 Å². The third-order valence-electron chi connectivity index (χ3n) is 2.43. The third-order valence-corrected chi connectivity index (χ3v) is 2.43. The molecule has 0 bridgehead atoms. The molecule has 0 fully saturated rings. The molecule has 0 aliphatic carbocycles. The van der Waals surface area contributed by atoms with E-state index in [4.69, 9.17) is 5.11 Å². The van der Waals surface area contributed by atoms with Gasteiger partial charge in [0.15, 0.2) is 0 Å². The van der Waals surface area contributed by atoms with Gasteiger partial charge in [0.25, 0.3) is 0 Å². The molecule has 0 saturated heterocycles. The predicted octanol–water partition coefficient (Wildman–Crippen LogP) is 2.28. The molecule has 0 spiro atoms. The van der Waals surface area contributed by atoms with Crippen LogP contribution in [0, 0.1) is 6.92 Å². The summed E-state index contributed by atoms with van der Waals surface area (Å²) < 4.78 is 1.90. The van der Waals surface area contributed by atoms with Crippen LogP contribution in [0.4, 0.5) is 0 Å². The van der Waals surface area contributed by atoms with Crippen molar-refractivity contribution in [2.75, 3.05) is 0 Å². The maximum atomic E-state index is 10.5. The highest BCUT2D eigenvalue weighted by atomic mass is 16.4. The second-order valence-corrected chi connectivity index (χ2v) is 3.69. The van der Waals surface area contributed by atoms with E-state index in [2.05, 4.69) is 4.98 Å². The highest BCUT2D eigenvalue weighted by Gasteiger charge is 2.01. The number of hydrogen-bond acceptors (Lipinski definition) is 2. The van der Waals surface area contributed by atoms with Crippen molar-refractivity contribution in [2.45, 2.75) is 6.92 Å². The zero-order valence-electron chi connectivity index (χ0n) is 9.37. The van der Waals surface area contributed by atoms with Gasteiger partial charge < -0.3 is 9.67 Å². The van der Waals surface area contributed by atoms with Crippen LogP contribution in [0.25, 0.3) is 11.8 Å². The van der Waals surface area contributed by atoms with E-state index in [0.717, 1.165) is 22.9 Å². The van der Waals surface area contributed by atoms with Crippen molar-refractivity contribution in [1.29, 1.82) is 0 Å². The van der Waals surface area contributed by atoms with E-state index in [9.17, 15) is 4.79 Å². The molecule has 4 heteroatoms. The molecule has 0 aliphatic heterocycles. The van der Waals surface area contributed by atoms with Gasteiger partial charge in [0.05, 0.1) is 6.33 Å². The van der Waals surface area contributed by atoms with Crippen molar-refractivity contribution in [1.82, 2.24) is 9.55 Å². The van der Waals surface area contributed by atoms with E-state index in [1.165, 1.54) is 0 Å². The average Bonchev–Trinajstić information content (AvgIpc) is 2.81. The zero-order valence-corrected chi connectivity index (χ0v) is 9.37. The van der Waals surface area contributed by atoms with Gasteiger partial charge in [-0.05, 0) is 30.2 Å². The van der Waals surface area contributed by atoms with Gasteiger partial charge in [0, 0.05) is 24.2 Å². The Labute approximate surface area is 98.9 Å². The lowest BCUT2D eigenvalue weighted by Gasteiger charge is -2.07. The van der Waals surface area contributed by atoms with Gasteiger partial charge in [-0.2, -0.15) is 0 Å². The Hall–Kier alpha value is -2.36. The number of rotatable bonds is 3. The standard InChI is InChI=1S/C13H12N2O2/c1-10-2-3-11(4-5-13(16)17)8-12(10)15-7-6-14-9-15/h2-9H,1H3,(H,16,17)/b5-4+. The lowest BCUT2D eigenvalue weighted by molar-refractivity contribution is -0.131. The topological polar surface area (TPSA) is 55.1 Å². The van der Waals surface area contributed by atoms with Crippen LogP contribution in [0.2, 0.25) is 0 Å². The Morgan fingerprint density at radius 1 is 1.47 bits per heavy atom. The average molecular weight is 228 g/mol. The number of carboxylic acids is 1. The molecule has 1 aromatic heterocycles. The monoisotopic (exact) mass is 228 g/mol. The molecule has 0 atom stereocenters. The van der Waals surface area contributed by atoms with Crippen LogP contribution < -0.4 is 0 Å². The van der Waals surface area contributed by atoms with Gasteiger partial charge in [-0.15, -0.1) is 0 Å². The first kappa shape index (κ1) is 11.1. The Bertz CT molecular complexity index is 557. The van der Waals surface area contributed by atoms with Crippen LogP contribution in [0.5, 0.6) is 0 Å². The summed E-state index contributed by atoms with van der Waals surface area (Å²) in [6, 6.07) is 5.77. The molecule has 1 N–H and O–H groups in total. The Balaban J connectivity index is 2.40. The fourth-order valence-corrected chi connectivity index (χ4v) is 1.58. The number of carbonyl (C=O) groups is 1. The van der Waals surface area contributed by atoms with Gasteiger partial charge in [0.2, 0.25) is 0 Å². The summed E-state index contributed by atoms with van der Waals surface area (Å²) in [4.78, 5) is 14.4. The second-order valence-electron chi connectivity index (χ2n) is 3.69. The fourth-order valence-electron chi connectivity index (χ4n) is 1.58. The number of carboxylic acid groups (broad SMARTS) is 1. The van der Waals surface area contributed by atoms with Crippen molar-refractivity contribution in [3.8, 4) is 5.69 Å². The maximum absolute atomic E-state index is 10.5. The summed E-state index contributed by atoms with van der Waals surface area (Å²) in [5.41, 5.74) is 2.95. The van der Waals surface area contributed by atoms with Crippen molar-refractivity contribution in [3.63, 3.8) is 0 Å². The minimum absolute atomic E-state index is 0.849. The van der Waals surface area contributed by atoms with E-state index in [1.807, 2.05) is 35.9 Å². The molecular weight excluding hydrogens is 216 g/mol. The van der Waals surface area contributed by atoms with Gasteiger partial charge >= 0.3 is 5.97 Å². The van der Waals surface area contributed by atoms with E-state index in [0.29, 0.717) is 0 Å². The van der Waals surface area contributed by atoms with E-state index < -0.39 is 5.97 Å². The van der Waals surface area contributed by atoms with Crippen LogP contribution in [0.3, 0.4) is 0 Å². The normalized spacial score (nSPS) is 10.9. The van der Waals surface area contributed by atoms with E-state index in [-0.39, 0.29) is 0 Å². The Morgan fingerprint density at radius 3 is 2.94 bits per heavy atom. The summed E-state index contributed by atoms with van der Waals surface area (Å²) >= 11 is 0. The molecule has 2 aromatic rings. The number of nitrogens with zero attached hydrogens (tertiary/aromatic N) is 2. The molecular formula is C13H12N2O2. The highest BCUT2D eigenvalue weighted by Crippen LogP contribution is 2.16. The van der Waals surface area contributed by atoms with Crippen LogP contribution in [-0.4, -0.2) is 20.6 Å². The number of benzene rings is 1. The summed E-state index contributed by atoms with van der Waals surface area (Å²) in [7, 11) is 0. The second kappa shape index (κ2) is 4.65. The van der Waals surface area contributed by atoms with Gasteiger partial charge in [-0.25, -0.2) is 9.78 Å². The first-order chi connectivity index (χ1) is 8.16. The molecule has 0 saturated carbocycles. The van der Waals surface area contributed by atoms with E-state index >= 15 is 0 Å². The molecule has 1 aromatic carbocycles.